The summed E-state index contributed by atoms with van der Waals surface area (Å²) >= 11 is 0. The first-order valence-electron chi connectivity index (χ1n) is 5.73. The molecule has 0 aliphatic heterocycles. The summed E-state index contributed by atoms with van der Waals surface area (Å²) in [5.41, 5.74) is 0.839. The van der Waals surface area contributed by atoms with E-state index in [2.05, 4.69) is 5.32 Å². The second-order valence-electron chi connectivity index (χ2n) is 5.33. The van der Waals surface area contributed by atoms with Crippen molar-refractivity contribution in [3.8, 4) is 0 Å². The Morgan fingerprint density at radius 1 is 1.12 bits per heavy atom. The lowest BCUT2D eigenvalue weighted by Gasteiger charge is -2.16. The lowest BCUT2D eigenvalue weighted by Crippen LogP contribution is -2.32. The molecule has 1 aromatic carbocycles. The van der Waals surface area contributed by atoms with E-state index in [4.69, 9.17) is 0 Å². The monoisotopic (exact) mass is 233 g/mol. The van der Waals surface area contributed by atoms with Gasteiger partial charge in [0.15, 0.2) is 0 Å². The maximum atomic E-state index is 11.6. The Balaban J connectivity index is 2.43. The zero-order valence-electron chi connectivity index (χ0n) is 10.6. The molecule has 0 aliphatic carbocycles. The topological polar surface area (TPSA) is 46.2 Å². The van der Waals surface area contributed by atoms with Crippen LogP contribution in [0.15, 0.2) is 30.3 Å². The summed E-state index contributed by atoms with van der Waals surface area (Å²) < 4.78 is 0. The maximum Gasteiger partial charge on any atom is 0.287 e. The third kappa shape index (κ3) is 5.29. The third-order valence-electron chi connectivity index (χ3n) is 2.24. The molecule has 1 rings (SSSR count). The normalized spacial score (nSPS) is 11.0. The first kappa shape index (κ1) is 13.4. The number of carbonyl (C=O) groups excluding carboxylic acids is 2. The average molecular weight is 233 g/mol. The minimum atomic E-state index is -0.497. The molecule has 0 saturated carbocycles. The summed E-state index contributed by atoms with van der Waals surface area (Å²) in [7, 11) is 0. The van der Waals surface area contributed by atoms with Gasteiger partial charge in [-0.05, 0) is 11.0 Å². The fraction of sp³-hybridized carbons (Fsp3) is 0.429. The van der Waals surface area contributed by atoms with Crippen molar-refractivity contribution in [2.24, 2.45) is 5.41 Å². The number of amides is 1. The molecule has 3 heteroatoms. The van der Waals surface area contributed by atoms with E-state index < -0.39 is 5.91 Å². The van der Waals surface area contributed by atoms with Crippen LogP contribution in [0.3, 0.4) is 0 Å². The van der Waals surface area contributed by atoms with Crippen LogP contribution in [-0.4, -0.2) is 11.7 Å². The van der Waals surface area contributed by atoms with Crippen LogP contribution in [0.1, 0.15) is 32.8 Å². The zero-order valence-corrected chi connectivity index (χ0v) is 10.6. The van der Waals surface area contributed by atoms with Crippen LogP contribution >= 0.6 is 0 Å². The quantitative estimate of drug-likeness (QED) is 0.811. The van der Waals surface area contributed by atoms with Crippen molar-refractivity contribution in [1.29, 1.82) is 0 Å². The first-order valence-corrected chi connectivity index (χ1v) is 5.73. The van der Waals surface area contributed by atoms with E-state index in [1.807, 2.05) is 51.1 Å². The minimum Gasteiger partial charge on any atom is -0.345 e. The molecule has 0 fully saturated rings. The Morgan fingerprint density at radius 2 is 1.71 bits per heavy atom. The van der Waals surface area contributed by atoms with Crippen molar-refractivity contribution < 1.29 is 9.59 Å². The van der Waals surface area contributed by atoms with Gasteiger partial charge in [0.05, 0.1) is 0 Å². The van der Waals surface area contributed by atoms with Crippen LogP contribution in [0.2, 0.25) is 0 Å². The number of ketones is 1. The number of rotatable bonds is 4. The molecule has 0 aromatic heterocycles. The van der Waals surface area contributed by atoms with Gasteiger partial charge in [-0.2, -0.15) is 0 Å². The molecule has 0 aliphatic rings. The van der Waals surface area contributed by atoms with Crippen LogP contribution in [0.5, 0.6) is 0 Å². The summed E-state index contributed by atoms with van der Waals surface area (Å²) in [4.78, 5) is 23.1. The molecule has 0 spiro atoms. The predicted molar refractivity (Wildman–Crippen MR) is 67.4 cm³/mol. The Labute approximate surface area is 102 Å². The standard InChI is InChI=1S/C14H19NO2/c1-14(2,3)9-12(16)13(17)15-10-11-7-5-4-6-8-11/h4-8H,9-10H2,1-3H3,(H,15,17). The fourth-order valence-corrected chi connectivity index (χ4v) is 1.44. The molecule has 1 amide bonds. The maximum absolute atomic E-state index is 11.6. The van der Waals surface area contributed by atoms with Crippen LogP contribution in [0, 0.1) is 5.41 Å². The highest BCUT2D eigenvalue weighted by atomic mass is 16.2. The van der Waals surface area contributed by atoms with Crippen LogP contribution in [0.25, 0.3) is 0 Å². The average Bonchev–Trinajstić information content (AvgIpc) is 2.25. The molecular weight excluding hydrogens is 214 g/mol. The SMILES string of the molecule is CC(C)(C)CC(=O)C(=O)NCc1ccccc1. The molecule has 3 nitrogen and oxygen atoms in total. The van der Waals surface area contributed by atoms with Crippen LogP contribution < -0.4 is 5.32 Å². The van der Waals surface area contributed by atoms with Crippen LogP contribution in [0.4, 0.5) is 0 Å². The summed E-state index contributed by atoms with van der Waals surface area (Å²) in [5.74, 6) is -0.850. The van der Waals surface area contributed by atoms with E-state index in [0.29, 0.717) is 6.54 Å². The van der Waals surface area contributed by atoms with E-state index in [1.165, 1.54) is 0 Å². The molecule has 0 saturated heterocycles. The second kappa shape index (κ2) is 5.62. The van der Waals surface area contributed by atoms with E-state index in [9.17, 15) is 9.59 Å². The molecule has 17 heavy (non-hydrogen) atoms. The molecule has 0 heterocycles. The van der Waals surface area contributed by atoms with E-state index in [0.717, 1.165) is 5.56 Å². The summed E-state index contributed by atoms with van der Waals surface area (Å²) in [6.45, 7) is 6.22. The molecular formula is C14H19NO2. The number of hydrogen-bond donors (Lipinski definition) is 1. The molecule has 0 unspecified atom stereocenters. The molecule has 0 radical (unpaired) electrons. The summed E-state index contributed by atoms with van der Waals surface area (Å²) in [5, 5.41) is 2.63. The van der Waals surface area contributed by atoms with Gasteiger partial charge in [0, 0.05) is 13.0 Å². The van der Waals surface area contributed by atoms with Crippen molar-refractivity contribution in [3.05, 3.63) is 35.9 Å². The highest BCUT2D eigenvalue weighted by molar-refractivity contribution is 6.36. The van der Waals surface area contributed by atoms with Gasteiger partial charge in [0.2, 0.25) is 5.78 Å². The van der Waals surface area contributed by atoms with E-state index >= 15 is 0 Å². The number of Topliss-reactive ketones (excluding diaryl/α,β-unsaturated/α-hetero) is 1. The summed E-state index contributed by atoms with van der Waals surface area (Å²) in [6, 6.07) is 9.54. The third-order valence-corrected chi connectivity index (χ3v) is 2.24. The van der Waals surface area contributed by atoms with Crippen LogP contribution in [-0.2, 0) is 16.1 Å². The molecule has 0 bridgehead atoms. The fourth-order valence-electron chi connectivity index (χ4n) is 1.44. The van der Waals surface area contributed by atoms with Gasteiger partial charge >= 0.3 is 0 Å². The highest BCUT2D eigenvalue weighted by Crippen LogP contribution is 2.18. The molecule has 1 N–H and O–H groups in total. The molecule has 92 valence electrons. The predicted octanol–water partition coefficient (Wildman–Crippen LogP) is 2.31. The minimum absolute atomic E-state index is 0.152. The van der Waals surface area contributed by atoms with Crippen molar-refractivity contribution in [2.75, 3.05) is 0 Å². The summed E-state index contributed by atoms with van der Waals surface area (Å²) in [6.07, 6.45) is 0.271. The lowest BCUT2D eigenvalue weighted by atomic mass is 9.90. The molecule has 0 atom stereocenters. The van der Waals surface area contributed by atoms with Gasteiger partial charge in [-0.25, -0.2) is 0 Å². The number of hydrogen-bond acceptors (Lipinski definition) is 2. The van der Waals surface area contributed by atoms with Gasteiger partial charge in [-0.15, -0.1) is 0 Å². The second-order valence-corrected chi connectivity index (χ2v) is 5.33. The molecule has 1 aromatic rings. The smallest absolute Gasteiger partial charge is 0.287 e. The van der Waals surface area contributed by atoms with Crippen molar-refractivity contribution >= 4 is 11.7 Å². The van der Waals surface area contributed by atoms with Gasteiger partial charge in [-0.3, -0.25) is 9.59 Å². The van der Waals surface area contributed by atoms with Crippen molar-refractivity contribution in [2.45, 2.75) is 33.7 Å². The van der Waals surface area contributed by atoms with Crippen molar-refractivity contribution in [3.63, 3.8) is 0 Å². The largest absolute Gasteiger partial charge is 0.345 e. The Hall–Kier alpha value is -1.64. The van der Waals surface area contributed by atoms with E-state index in [1.54, 1.807) is 0 Å². The van der Waals surface area contributed by atoms with Crippen molar-refractivity contribution in [1.82, 2.24) is 5.32 Å². The number of benzene rings is 1. The number of nitrogens with one attached hydrogen (secondary N) is 1. The number of carbonyl (C=O) groups is 2. The lowest BCUT2D eigenvalue weighted by molar-refractivity contribution is -0.139. The van der Waals surface area contributed by atoms with Gasteiger partial charge in [-0.1, -0.05) is 51.1 Å². The first-order chi connectivity index (χ1) is 7.88. The Morgan fingerprint density at radius 3 is 2.24 bits per heavy atom. The van der Waals surface area contributed by atoms with Gasteiger partial charge < -0.3 is 5.32 Å². The van der Waals surface area contributed by atoms with Gasteiger partial charge in [0.1, 0.15) is 0 Å². The Bertz CT molecular complexity index is 390. The highest BCUT2D eigenvalue weighted by Gasteiger charge is 2.21. The zero-order chi connectivity index (χ0) is 12.9. The van der Waals surface area contributed by atoms with E-state index in [-0.39, 0.29) is 17.6 Å². The van der Waals surface area contributed by atoms with Gasteiger partial charge in [0.25, 0.3) is 5.91 Å². The Kier molecular flexibility index (Phi) is 4.44.